The highest BCUT2D eigenvalue weighted by molar-refractivity contribution is 5.30. The lowest BCUT2D eigenvalue weighted by molar-refractivity contribution is -0.275. The fraction of sp³-hybridized carbons (Fsp3) is 0.300. The zero-order chi connectivity index (χ0) is 13.1. The van der Waals surface area contributed by atoms with E-state index in [-0.39, 0.29) is 6.42 Å². The van der Waals surface area contributed by atoms with Crippen LogP contribution in [-0.4, -0.2) is 12.4 Å². The molecule has 0 saturated carbocycles. The van der Waals surface area contributed by atoms with Gasteiger partial charge in [0.1, 0.15) is 0 Å². The Kier molecular flexibility index (Phi) is 3.91. The minimum atomic E-state index is -4.94. The van der Waals surface area contributed by atoms with Gasteiger partial charge in [-0.3, -0.25) is 0 Å². The van der Waals surface area contributed by atoms with E-state index in [1.807, 2.05) is 0 Å². The largest absolute Gasteiger partial charge is 0.573 e. The summed E-state index contributed by atoms with van der Waals surface area (Å²) in [6, 6.07) is 3.83. The number of hydrogen-bond donors (Lipinski definition) is 1. The molecule has 2 N–H and O–H groups in total. The fourth-order valence-corrected chi connectivity index (χ4v) is 1.18. The third kappa shape index (κ3) is 4.28. The number of alkyl halides is 3. The van der Waals surface area contributed by atoms with Gasteiger partial charge in [-0.05, 0) is 17.7 Å². The second kappa shape index (κ2) is 5.01. The maximum Gasteiger partial charge on any atom is 0.573 e. The Morgan fingerprint density at radius 3 is 2.53 bits per heavy atom. The molecule has 0 spiro atoms. The predicted molar refractivity (Wildman–Crippen MR) is 50.4 cm³/mol. The molecule has 0 aromatic heterocycles. The molecule has 1 aromatic rings. The predicted octanol–water partition coefficient (Wildman–Crippen LogP) is 2.12. The lowest BCUT2D eigenvalue weighted by Crippen LogP contribution is -2.20. The van der Waals surface area contributed by atoms with E-state index in [9.17, 15) is 17.6 Å². The Morgan fingerprint density at radius 1 is 1.41 bits per heavy atom. The minimum Gasteiger partial charge on any atom is -0.403 e. The van der Waals surface area contributed by atoms with Gasteiger partial charge >= 0.3 is 6.36 Å². The van der Waals surface area contributed by atoms with Gasteiger partial charge in [0, 0.05) is 6.42 Å². The van der Waals surface area contributed by atoms with E-state index in [4.69, 9.17) is 11.0 Å². The number of nitriles is 1. The van der Waals surface area contributed by atoms with Crippen LogP contribution in [0.15, 0.2) is 18.2 Å². The minimum absolute atomic E-state index is 0.0553. The van der Waals surface area contributed by atoms with Crippen molar-refractivity contribution in [1.29, 1.82) is 5.26 Å². The van der Waals surface area contributed by atoms with E-state index in [0.717, 1.165) is 12.1 Å². The standard InChI is InChI=1S/C10H8F4N2O/c11-8-4-6(3-7(16)5-15)1-2-9(8)17-10(12,13)14/h1-2,4,7H,3,16H2. The quantitative estimate of drug-likeness (QED) is 0.833. The van der Waals surface area contributed by atoms with Crippen molar-refractivity contribution in [2.45, 2.75) is 18.8 Å². The van der Waals surface area contributed by atoms with Crippen molar-refractivity contribution in [2.75, 3.05) is 0 Å². The molecule has 0 fully saturated rings. The molecule has 0 heterocycles. The van der Waals surface area contributed by atoms with Gasteiger partial charge in [-0.2, -0.15) is 5.26 Å². The van der Waals surface area contributed by atoms with Crippen LogP contribution in [0, 0.1) is 17.1 Å². The third-order valence-electron chi connectivity index (χ3n) is 1.84. The summed E-state index contributed by atoms with van der Waals surface area (Å²) in [5.41, 5.74) is 5.63. The topological polar surface area (TPSA) is 59.0 Å². The zero-order valence-electron chi connectivity index (χ0n) is 8.46. The van der Waals surface area contributed by atoms with Crippen LogP contribution < -0.4 is 10.5 Å². The van der Waals surface area contributed by atoms with Crippen LogP contribution in [0.4, 0.5) is 17.6 Å². The molecule has 0 aliphatic carbocycles. The molecule has 1 atom stereocenters. The number of nitrogens with two attached hydrogens (primary N) is 1. The summed E-state index contributed by atoms with van der Waals surface area (Å²) in [6.07, 6.45) is -4.88. The van der Waals surface area contributed by atoms with Gasteiger partial charge < -0.3 is 10.5 Å². The smallest absolute Gasteiger partial charge is 0.403 e. The van der Waals surface area contributed by atoms with E-state index in [2.05, 4.69) is 4.74 Å². The molecular formula is C10H8F4N2O. The van der Waals surface area contributed by atoms with Crippen LogP contribution in [0.5, 0.6) is 5.75 Å². The number of halogens is 4. The van der Waals surface area contributed by atoms with Gasteiger partial charge in [-0.25, -0.2) is 4.39 Å². The average molecular weight is 248 g/mol. The Balaban J connectivity index is 2.84. The molecule has 17 heavy (non-hydrogen) atoms. The molecule has 1 aromatic carbocycles. The molecule has 0 amide bonds. The SMILES string of the molecule is N#CC(N)Cc1ccc(OC(F)(F)F)c(F)c1. The number of hydrogen-bond acceptors (Lipinski definition) is 3. The summed E-state index contributed by atoms with van der Waals surface area (Å²) < 4.78 is 52.1. The molecule has 1 rings (SSSR count). The van der Waals surface area contributed by atoms with Crippen molar-refractivity contribution in [2.24, 2.45) is 5.73 Å². The van der Waals surface area contributed by atoms with Crippen molar-refractivity contribution in [3.05, 3.63) is 29.6 Å². The van der Waals surface area contributed by atoms with E-state index >= 15 is 0 Å². The maximum absolute atomic E-state index is 13.2. The first-order chi connectivity index (χ1) is 7.81. The number of nitrogens with zero attached hydrogens (tertiary/aromatic N) is 1. The second-order valence-electron chi connectivity index (χ2n) is 3.25. The molecule has 1 unspecified atom stereocenters. The van der Waals surface area contributed by atoms with Gasteiger partial charge in [0.2, 0.25) is 0 Å². The average Bonchev–Trinajstić information content (AvgIpc) is 2.20. The first kappa shape index (κ1) is 13.3. The van der Waals surface area contributed by atoms with Crippen molar-refractivity contribution in [1.82, 2.24) is 0 Å². The number of benzene rings is 1. The monoisotopic (exact) mass is 248 g/mol. The lowest BCUT2D eigenvalue weighted by Gasteiger charge is -2.10. The lowest BCUT2D eigenvalue weighted by atomic mass is 10.1. The van der Waals surface area contributed by atoms with Crippen molar-refractivity contribution in [3.63, 3.8) is 0 Å². The van der Waals surface area contributed by atoms with Crippen LogP contribution in [0.1, 0.15) is 5.56 Å². The summed E-state index contributed by atoms with van der Waals surface area (Å²) in [6.45, 7) is 0. The van der Waals surface area contributed by atoms with Crippen LogP contribution in [0.2, 0.25) is 0 Å². The van der Waals surface area contributed by atoms with Crippen molar-refractivity contribution >= 4 is 0 Å². The molecule has 0 radical (unpaired) electrons. The summed E-state index contributed by atoms with van der Waals surface area (Å²) in [4.78, 5) is 0. The van der Waals surface area contributed by atoms with Gasteiger partial charge in [0.25, 0.3) is 0 Å². The first-order valence-electron chi connectivity index (χ1n) is 4.51. The highest BCUT2D eigenvalue weighted by Crippen LogP contribution is 2.26. The Hall–Kier alpha value is -1.81. The summed E-state index contributed by atoms with van der Waals surface area (Å²) in [7, 11) is 0. The molecule has 0 saturated heterocycles. The molecule has 3 nitrogen and oxygen atoms in total. The zero-order valence-corrected chi connectivity index (χ0v) is 8.46. The fourth-order valence-electron chi connectivity index (χ4n) is 1.18. The summed E-state index contributed by atoms with van der Waals surface area (Å²) in [5, 5.41) is 8.43. The van der Waals surface area contributed by atoms with Crippen LogP contribution >= 0.6 is 0 Å². The Bertz CT molecular complexity index is 439. The summed E-state index contributed by atoms with van der Waals surface area (Å²) in [5.74, 6) is -2.06. The molecule has 0 aliphatic heterocycles. The Labute approximate surface area is 94.4 Å². The highest BCUT2D eigenvalue weighted by Gasteiger charge is 2.32. The highest BCUT2D eigenvalue weighted by atomic mass is 19.4. The second-order valence-corrected chi connectivity index (χ2v) is 3.25. The van der Waals surface area contributed by atoms with Crippen molar-refractivity contribution < 1.29 is 22.3 Å². The molecule has 0 aliphatic rings. The molecule has 92 valence electrons. The van der Waals surface area contributed by atoms with Gasteiger partial charge in [0.05, 0.1) is 12.1 Å². The summed E-state index contributed by atoms with van der Waals surface area (Å²) >= 11 is 0. The normalized spacial score (nSPS) is 12.9. The van der Waals surface area contributed by atoms with Crippen LogP contribution in [0.3, 0.4) is 0 Å². The van der Waals surface area contributed by atoms with Gasteiger partial charge in [-0.15, -0.1) is 13.2 Å². The number of rotatable bonds is 3. The van der Waals surface area contributed by atoms with E-state index in [0.29, 0.717) is 5.56 Å². The van der Waals surface area contributed by atoms with E-state index in [1.54, 1.807) is 6.07 Å². The molecule has 7 heteroatoms. The molecular weight excluding hydrogens is 240 g/mol. The Morgan fingerprint density at radius 2 is 2.06 bits per heavy atom. The van der Waals surface area contributed by atoms with E-state index in [1.165, 1.54) is 6.07 Å². The van der Waals surface area contributed by atoms with E-state index < -0.39 is 24.0 Å². The van der Waals surface area contributed by atoms with Crippen molar-refractivity contribution in [3.8, 4) is 11.8 Å². The number of ether oxygens (including phenoxy) is 1. The van der Waals surface area contributed by atoms with Gasteiger partial charge in [0.15, 0.2) is 11.6 Å². The third-order valence-corrected chi connectivity index (χ3v) is 1.84. The maximum atomic E-state index is 13.2. The first-order valence-corrected chi connectivity index (χ1v) is 4.51. The molecule has 0 bridgehead atoms. The van der Waals surface area contributed by atoms with Crippen LogP contribution in [-0.2, 0) is 6.42 Å². The van der Waals surface area contributed by atoms with Crippen LogP contribution in [0.25, 0.3) is 0 Å². The van der Waals surface area contributed by atoms with Gasteiger partial charge in [-0.1, -0.05) is 6.07 Å².